The number of benzene rings is 2. The predicted molar refractivity (Wildman–Crippen MR) is 107 cm³/mol. The van der Waals surface area contributed by atoms with Gasteiger partial charge in [-0.05, 0) is 30.0 Å². The highest BCUT2D eigenvalue weighted by molar-refractivity contribution is 6.11. The summed E-state index contributed by atoms with van der Waals surface area (Å²) >= 11 is 0. The molecule has 7 heteroatoms. The molecule has 0 aromatic heterocycles. The smallest absolute Gasteiger partial charge is 0.415 e. The summed E-state index contributed by atoms with van der Waals surface area (Å²) in [5.74, 6) is -1.39. The molecular formula is C22H25NO6. The Labute approximate surface area is 169 Å². The van der Waals surface area contributed by atoms with E-state index in [1.165, 1.54) is 17.0 Å². The average molecular weight is 399 g/mol. The lowest BCUT2D eigenvalue weighted by atomic mass is 9.98. The first-order chi connectivity index (χ1) is 13.9. The van der Waals surface area contributed by atoms with Crippen LogP contribution in [0.25, 0.3) is 0 Å². The van der Waals surface area contributed by atoms with Crippen molar-refractivity contribution >= 4 is 11.9 Å². The number of amides is 1. The molecule has 1 amide bonds. The molecule has 7 nitrogen and oxygen atoms in total. The topological polar surface area (TPSA) is 96.3 Å². The highest BCUT2D eigenvalue weighted by Crippen LogP contribution is 2.39. The molecule has 154 valence electrons. The monoisotopic (exact) mass is 399 g/mol. The average Bonchev–Trinajstić information content (AvgIpc) is 2.72. The second-order valence-electron chi connectivity index (χ2n) is 7.40. The van der Waals surface area contributed by atoms with E-state index in [4.69, 9.17) is 9.47 Å². The van der Waals surface area contributed by atoms with Gasteiger partial charge in [0, 0.05) is 18.7 Å². The molecule has 0 unspecified atom stereocenters. The summed E-state index contributed by atoms with van der Waals surface area (Å²) in [6, 6.07) is 9.78. The van der Waals surface area contributed by atoms with E-state index in [1.54, 1.807) is 12.1 Å². The normalized spacial score (nSPS) is 14.1. The number of aromatic hydroxyl groups is 2. The van der Waals surface area contributed by atoms with Crippen LogP contribution in [-0.2, 0) is 11.2 Å². The zero-order valence-electron chi connectivity index (χ0n) is 16.6. The van der Waals surface area contributed by atoms with Gasteiger partial charge in [-0.25, -0.2) is 4.79 Å². The van der Waals surface area contributed by atoms with Crippen LogP contribution in [0.1, 0.15) is 35.3 Å². The van der Waals surface area contributed by atoms with Crippen LogP contribution in [0.15, 0.2) is 36.4 Å². The van der Waals surface area contributed by atoms with E-state index >= 15 is 0 Å². The van der Waals surface area contributed by atoms with E-state index < -0.39 is 23.4 Å². The Bertz CT molecular complexity index is 885. The fourth-order valence-electron chi connectivity index (χ4n) is 3.15. The molecule has 0 spiro atoms. The number of carbonyl (C=O) groups is 2. The fraction of sp³-hybridized carbons (Fsp3) is 0.364. The van der Waals surface area contributed by atoms with E-state index in [0.717, 1.165) is 12.0 Å². The number of carbonyl (C=O) groups excluding carboxylic acids is 2. The minimum Gasteiger partial charge on any atom is -0.504 e. The van der Waals surface area contributed by atoms with Crippen molar-refractivity contribution in [2.45, 2.75) is 20.3 Å². The number of morpholine rings is 1. The van der Waals surface area contributed by atoms with E-state index in [0.29, 0.717) is 37.8 Å². The Morgan fingerprint density at radius 2 is 1.69 bits per heavy atom. The highest BCUT2D eigenvalue weighted by Gasteiger charge is 2.24. The molecule has 1 aliphatic rings. The Morgan fingerprint density at radius 1 is 1.03 bits per heavy atom. The van der Waals surface area contributed by atoms with Crippen LogP contribution in [0.4, 0.5) is 4.79 Å². The van der Waals surface area contributed by atoms with Gasteiger partial charge in [-0.2, -0.15) is 0 Å². The molecule has 2 aromatic carbocycles. The second-order valence-corrected chi connectivity index (χ2v) is 7.40. The van der Waals surface area contributed by atoms with Gasteiger partial charge in [-0.3, -0.25) is 4.79 Å². The van der Waals surface area contributed by atoms with Crippen LogP contribution < -0.4 is 4.74 Å². The maximum Gasteiger partial charge on any atom is 0.415 e. The molecule has 1 fully saturated rings. The zero-order chi connectivity index (χ0) is 21.0. The summed E-state index contributed by atoms with van der Waals surface area (Å²) < 4.78 is 10.3. The molecule has 3 rings (SSSR count). The van der Waals surface area contributed by atoms with Gasteiger partial charge in [0.1, 0.15) is 0 Å². The minimum absolute atomic E-state index is 0.0646. The Balaban J connectivity index is 1.76. The molecule has 0 bridgehead atoms. The lowest BCUT2D eigenvalue weighted by Crippen LogP contribution is -2.42. The van der Waals surface area contributed by atoms with Crippen molar-refractivity contribution in [3.63, 3.8) is 0 Å². The van der Waals surface area contributed by atoms with Crippen molar-refractivity contribution in [1.82, 2.24) is 4.90 Å². The Morgan fingerprint density at radius 3 is 2.31 bits per heavy atom. The zero-order valence-corrected chi connectivity index (χ0v) is 16.6. The molecule has 0 saturated carbocycles. The van der Waals surface area contributed by atoms with Crippen molar-refractivity contribution in [2.24, 2.45) is 5.92 Å². The summed E-state index contributed by atoms with van der Waals surface area (Å²) in [7, 11) is 0. The first-order valence-electron chi connectivity index (χ1n) is 9.60. The second kappa shape index (κ2) is 8.96. The number of rotatable bonds is 5. The lowest BCUT2D eigenvalue weighted by Gasteiger charge is -2.26. The van der Waals surface area contributed by atoms with Gasteiger partial charge in [-0.15, -0.1) is 0 Å². The predicted octanol–water partition coefficient (Wildman–Crippen LogP) is 3.36. The summed E-state index contributed by atoms with van der Waals surface area (Å²) in [6.07, 6.45) is 0.256. The van der Waals surface area contributed by atoms with Crippen molar-refractivity contribution in [3.05, 3.63) is 53.1 Å². The number of hydrogen-bond donors (Lipinski definition) is 2. The first-order valence-corrected chi connectivity index (χ1v) is 9.60. The largest absolute Gasteiger partial charge is 0.504 e. The van der Waals surface area contributed by atoms with Gasteiger partial charge in [0.15, 0.2) is 17.3 Å². The first kappa shape index (κ1) is 20.7. The standard InChI is InChI=1S/C22H25NO6/c1-14(2)13-15-3-5-16(6-4-15)19(24)17-7-8-18(21(26)20(17)25)29-22(27)23-9-11-28-12-10-23/h3-8,14,25-26H,9-13H2,1-2H3. The SMILES string of the molecule is CC(C)Cc1ccc(C(=O)c2ccc(OC(=O)N3CCOCC3)c(O)c2O)cc1. The number of phenols is 2. The van der Waals surface area contributed by atoms with Gasteiger partial charge in [0.2, 0.25) is 5.75 Å². The Hall–Kier alpha value is -3.06. The molecule has 2 aromatic rings. The lowest BCUT2D eigenvalue weighted by molar-refractivity contribution is 0.0413. The third-order valence-corrected chi connectivity index (χ3v) is 4.69. The van der Waals surface area contributed by atoms with Crippen molar-refractivity contribution < 1.29 is 29.3 Å². The van der Waals surface area contributed by atoms with Crippen LogP contribution in [0, 0.1) is 5.92 Å². The number of phenolic OH excluding ortho intramolecular Hbond substituents is 2. The van der Waals surface area contributed by atoms with Gasteiger partial charge >= 0.3 is 6.09 Å². The minimum atomic E-state index is -0.650. The Kier molecular flexibility index (Phi) is 6.39. The van der Waals surface area contributed by atoms with E-state index in [9.17, 15) is 19.8 Å². The number of hydrogen-bond acceptors (Lipinski definition) is 6. The van der Waals surface area contributed by atoms with Crippen LogP contribution in [0.5, 0.6) is 17.2 Å². The third-order valence-electron chi connectivity index (χ3n) is 4.69. The van der Waals surface area contributed by atoms with Crippen molar-refractivity contribution in [3.8, 4) is 17.2 Å². The van der Waals surface area contributed by atoms with Crippen LogP contribution >= 0.6 is 0 Å². The fourth-order valence-corrected chi connectivity index (χ4v) is 3.15. The molecule has 1 aliphatic heterocycles. The number of ketones is 1. The molecule has 0 aliphatic carbocycles. The van der Waals surface area contributed by atoms with E-state index in [1.807, 2.05) is 12.1 Å². The van der Waals surface area contributed by atoms with Crippen molar-refractivity contribution in [2.75, 3.05) is 26.3 Å². The highest BCUT2D eigenvalue weighted by atomic mass is 16.6. The van der Waals surface area contributed by atoms with Crippen LogP contribution in [0.3, 0.4) is 0 Å². The van der Waals surface area contributed by atoms with Gasteiger partial charge in [0.25, 0.3) is 0 Å². The molecule has 0 radical (unpaired) electrons. The molecular weight excluding hydrogens is 374 g/mol. The summed E-state index contributed by atoms with van der Waals surface area (Å²) in [4.78, 5) is 26.3. The van der Waals surface area contributed by atoms with E-state index in [-0.39, 0.29) is 11.3 Å². The van der Waals surface area contributed by atoms with Crippen LogP contribution in [0.2, 0.25) is 0 Å². The van der Waals surface area contributed by atoms with Gasteiger partial charge < -0.3 is 24.6 Å². The van der Waals surface area contributed by atoms with Crippen LogP contribution in [-0.4, -0.2) is 53.3 Å². The van der Waals surface area contributed by atoms with Gasteiger partial charge in [0.05, 0.1) is 18.8 Å². The van der Waals surface area contributed by atoms with Gasteiger partial charge in [-0.1, -0.05) is 38.1 Å². The molecule has 1 heterocycles. The molecule has 29 heavy (non-hydrogen) atoms. The molecule has 0 atom stereocenters. The number of nitrogens with zero attached hydrogens (tertiary/aromatic N) is 1. The maximum atomic E-state index is 12.7. The summed E-state index contributed by atoms with van der Waals surface area (Å²) in [5.41, 5.74) is 1.45. The van der Waals surface area contributed by atoms with Crippen molar-refractivity contribution in [1.29, 1.82) is 0 Å². The summed E-state index contributed by atoms with van der Waals surface area (Å²) in [5, 5.41) is 20.6. The maximum absolute atomic E-state index is 12.7. The van der Waals surface area contributed by atoms with E-state index in [2.05, 4.69) is 13.8 Å². The summed E-state index contributed by atoms with van der Waals surface area (Å²) in [6.45, 7) is 5.83. The quantitative estimate of drug-likeness (QED) is 0.591. The molecule has 2 N–H and O–H groups in total. The third kappa shape index (κ3) is 4.86. The molecule has 1 saturated heterocycles. The number of ether oxygens (including phenoxy) is 2.